The number of nitriles is 2. The molecule has 4 rings (SSSR count). The standard InChI is InChI=1S/C28H26FN5O2/c1-18(2)36-26-10-8-22(16-32-26)27(21-6-3-19(14-30)4-7-21)34-12-11-23(17-34)33-28(35)24-9-5-20(15-31)13-25(24)29/h3-10,13,16,18,23,27H,11-12,17H2,1-2H3,(H,33,35)/t23?,27-/m1/s1. The number of nitrogens with zero attached hydrogens (tertiary/aromatic N) is 4. The van der Waals surface area contributed by atoms with E-state index in [9.17, 15) is 14.4 Å². The van der Waals surface area contributed by atoms with E-state index in [-0.39, 0.29) is 29.3 Å². The smallest absolute Gasteiger partial charge is 0.254 e. The van der Waals surface area contributed by atoms with Crippen LogP contribution in [-0.4, -0.2) is 41.0 Å². The van der Waals surface area contributed by atoms with Gasteiger partial charge in [-0.25, -0.2) is 9.37 Å². The molecule has 3 aromatic rings. The number of likely N-dealkylation sites (tertiary alicyclic amines) is 1. The molecule has 2 atom stereocenters. The van der Waals surface area contributed by atoms with E-state index >= 15 is 0 Å². The summed E-state index contributed by atoms with van der Waals surface area (Å²) < 4.78 is 20.0. The molecule has 1 N–H and O–H groups in total. The average molecular weight is 484 g/mol. The van der Waals surface area contributed by atoms with Crippen LogP contribution in [0.1, 0.15) is 58.9 Å². The fourth-order valence-corrected chi connectivity index (χ4v) is 4.39. The molecule has 2 heterocycles. The predicted molar refractivity (Wildman–Crippen MR) is 132 cm³/mol. The molecule has 0 spiro atoms. The maximum absolute atomic E-state index is 14.3. The lowest BCUT2D eigenvalue weighted by molar-refractivity contribution is 0.0932. The summed E-state index contributed by atoms with van der Waals surface area (Å²) in [6.07, 6.45) is 2.50. The number of carbonyl (C=O) groups is 1. The lowest BCUT2D eigenvalue weighted by Gasteiger charge is -2.29. The van der Waals surface area contributed by atoms with Crippen LogP contribution in [0.4, 0.5) is 4.39 Å². The number of carbonyl (C=O) groups excluding carboxylic acids is 1. The Morgan fingerprint density at radius 2 is 1.78 bits per heavy atom. The van der Waals surface area contributed by atoms with Crippen molar-refractivity contribution in [3.05, 3.63) is 94.4 Å². The van der Waals surface area contributed by atoms with Gasteiger partial charge in [-0.05, 0) is 61.7 Å². The summed E-state index contributed by atoms with van der Waals surface area (Å²) in [5, 5.41) is 21.0. The SMILES string of the molecule is CC(C)Oc1ccc([C@@H](c2ccc(C#N)cc2)N2CCC(NC(=O)c3ccc(C#N)cc3F)C2)cn1. The minimum Gasteiger partial charge on any atom is -0.475 e. The summed E-state index contributed by atoms with van der Waals surface area (Å²) in [5.74, 6) is -0.675. The summed E-state index contributed by atoms with van der Waals surface area (Å²) >= 11 is 0. The molecule has 0 aliphatic carbocycles. The maximum atomic E-state index is 14.3. The number of ether oxygens (including phenoxy) is 1. The molecular weight excluding hydrogens is 457 g/mol. The summed E-state index contributed by atoms with van der Waals surface area (Å²) in [7, 11) is 0. The number of aromatic nitrogens is 1. The normalized spacial score (nSPS) is 16.2. The highest BCUT2D eigenvalue weighted by Gasteiger charge is 2.32. The van der Waals surface area contributed by atoms with Crippen molar-refractivity contribution >= 4 is 5.91 Å². The molecule has 0 saturated carbocycles. The molecule has 1 aromatic heterocycles. The monoisotopic (exact) mass is 483 g/mol. The van der Waals surface area contributed by atoms with Crippen LogP contribution in [-0.2, 0) is 0 Å². The van der Waals surface area contributed by atoms with E-state index < -0.39 is 11.7 Å². The number of pyridine rings is 1. The molecule has 1 aliphatic rings. The second kappa shape index (κ2) is 11.0. The number of halogens is 1. The maximum Gasteiger partial charge on any atom is 0.254 e. The van der Waals surface area contributed by atoms with Gasteiger partial charge in [0.1, 0.15) is 5.82 Å². The van der Waals surface area contributed by atoms with Crippen molar-refractivity contribution in [3.63, 3.8) is 0 Å². The molecule has 1 unspecified atom stereocenters. The number of rotatable bonds is 7. The van der Waals surface area contributed by atoms with Gasteiger partial charge in [0.25, 0.3) is 5.91 Å². The summed E-state index contributed by atoms with van der Waals surface area (Å²) in [6, 6.07) is 18.8. The zero-order chi connectivity index (χ0) is 25.7. The first-order valence-corrected chi connectivity index (χ1v) is 11.7. The van der Waals surface area contributed by atoms with Gasteiger partial charge in [-0.1, -0.05) is 18.2 Å². The van der Waals surface area contributed by atoms with E-state index in [2.05, 4.69) is 21.3 Å². The third kappa shape index (κ3) is 5.68. The first kappa shape index (κ1) is 24.8. The van der Waals surface area contributed by atoms with Crippen molar-refractivity contribution in [2.75, 3.05) is 13.1 Å². The Bertz CT molecular complexity index is 1310. The second-order valence-corrected chi connectivity index (χ2v) is 8.99. The van der Waals surface area contributed by atoms with Crippen LogP contribution in [0.3, 0.4) is 0 Å². The summed E-state index contributed by atoms with van der Waals surface area (Å²) in [6.45, 7) is 5.14. The highest BCUT2D eigenvalue weighted by atomic mass is 19.1. The average Bonchev–Trinajstić information content (AvgIpc) is 3.32. The van der Waals surface area contributed by atoms with E-state index in [1.165, 1.54) is 12.1 Å². The van der Waals surface area contributed by atoms with E-state index in [0.717, 1.165) is 17.2 Å². The highest BCUT2D eigenvalue weighted by Crippen LogP contribution is 2.32. The number of nitrogens with one attached hydrogen (secondary N) is 1. The fraction of sp³-hybridized carbons (Fsp3) is 0.286. The summed E-state index contributed by atoms with van der Waals surface area (Å²) in [4.78, 5) is 19.4. The molecule has 36 heavy (non-hydrogen) atoms. The van der Waals surface area contributed by atoms with Crippen molar-refractivity contribution in [1.29, 1.82) is 10.5 Å². The van der Waals surface area contributed by atoms with Crippen LogP contribution in [0.15, 0.2) is 60.8 Å². The lowest BCUT2D eigenvalue weighted by Crippen LogP contribution is -2.38. The molecule has 182 valence electrons. The zero-order valence-corrected chi connectivity index (χ0v) is 20.1. The van der Waals surface area contributed by atoms with Gasteiger partial charge in [0.2, 0.25) is 5.88 Å². The minimum atomic E-state index is -0.716. The molecule has 1 saturated heterocycles. The third-order valence-electron chi connectivity index (χ3n) is 6.05. The molecule has 8 heteroatoms. The van der Waals surface area contributed by atoms with Crippen molar-refractivity contribution in [2.45, 2.75) is 38.5 Å². The fourth-order valence-electron chi connectivity index (χ4n) is 4.39. The molecular formula is C28H26FN5O2. The largest absolute Gasteiger partial charge is 0.475 e. The second-order valence-electron chi connectivity index (χ2n) is 8.99. The van der Waals surface area contributed by atoms with Crippen LogP contribution < -0.4 is 10.1 Å². The van der Waals surface area contributed by atoms with Gasteiger partial charge in [-0.2, -0.15) is 10.5 Å². The van der Waals surface area contributed by atoms with Gasteiger partial charge in [-0.3, -0.25) is 9.69 Å². The van der Waals surface area contributed by atoms with Crippen molar-refractivity contribution in [3.8, 4) is 18.0 Å². The molecule has 2 aromatic carbocycles. The van der Waals surface area contributed by atoms with Gasteiger partial charge in [-0.15, -0.1) is 0 Å². The quantitative estimate of drug-likeness (QED) is 0.536. The van der Waals surface area contributed by atoms with Gasteiger partial charge in [0, 0.05) is 31.4 Å². The van der Waals surface area contributed by atoms with E-state index in [0.29, 0.717) is 31.0 Å². The molecule has 1 aliphatic heterocycles. The predicted octanol–water partition coefficient (Wildman–Crippen LogP) is 4.34. The lowest BCUT2D eigenvalue weighted by atomic mass is 9.97. The molecule has 1 amide bonds. The Labute approximate surface area is 209 Å². The van der Waals surface area contributed by atoms with Gasteiger partial charge >= 0.3 is 0 Å². The number of benzene rings is 2. The molecule has 0 bridgehead atoms. The van der Waals surface area contributed by atoms with Crippen LogP contribution in [0, 0.1) is 28.5 Å². The highest BCUT2D eigenvalue weighted by molar-refractivity contribution is 5.94. The molecule has 7 nitrogen and oxygen atoms in total. The Kier molecular flexibility index (Phi) is 7.58. The van der Waals surface area contributed by atoms with Crippen LogP contribution in [0.25, 0.3) is 0 Å². The van der Waals surface area contributed by atoms with Gasteiger partial charge in [0.05, 0.1) is 41.0 Å². The van der Waals surface area contributed by atoms with Crippen molar-refractivity contribution in [2.24, 2.45) is 0 Å². The van der Waals surface area contributed by atoms with Crippen LogP contribution in [0.5, 0.6) is 5.88 Å². The summed E-state index contributed by atoms with van der Waals surface area (Å²) in [5.41, 5.74) is 2.62. The number of hydrogen-bond donors (Lipinski definition) is 1. The van der Waals surface area contributed by atoms with Crippen LogP contribution >= 0.6 is 0 Å². The molecule has 0 radical (unpaired) electrons. The Morgan fingerprint density at radius 3 is 2.39 bits per heavy atom. The Hall–Kier alpha value is -4.27. The minimum absolute atomic E-state index is 0.0153. The van der Waals surface area contributed by atoms with Crippen molar-refractivity contribution < 1.29 is 13.9 Å². The van der Waals surface area contributed by atoms with Crippen LogP contribution in [0.2, 0.25) is 0 Å². The van der Waals surface area contributed by atoms with Gasteiger partial charge in [0.15, 0.2) is 0 Å². The first-order valence-electron chi connectivity index (χ1n) is 11.7. The number of amides is 1. The topological polar surface area (TPSA) is 102 Å². The van der Waals surface area contributed by atoms with E-state index in [4.69, 9.17) is 10.00 Å². The van der Waals surface area contributed by atoms with Crippen molar-refractivity contribution in [1.82, 2.24) is 15.2 Å². The Balaban J connectivity index is 1.54. The first-order chi connectivity index (χ1) is 17.4. The Morgan fingerprint density at radius 1 is 1.08 bits per heavy atom. The van der Waals surface area contributed by atoms with Gasteiger partial charge < -0.3 is 10.1 Å². The molecule has 1 fully saturated rings. The number of hydrogen-bond acceptors (Lipinski definition) is 6. The third-order valence-corrected chi connectivity index (χ3v) is 6.05. The van der Waals surface area contributed by atoms with E-state index in [1.54, 1.807) is 18.3 Å². The zero-order valence-electron chi connectivity index (χ0n) is 20.1. The van der Waals surface area contributed by atoms with E-state index in [1.807, 2.05) is 44.2 Å².